The van der Waals surface area contributed by atoms with Crippen LogP contribution in [0, 0.1) is 11.3 Å². The van der Waals surface area contributed by atoms with E-state index in [1.165, 1.54) is 0 Å². The number of hydrogen-bond donors (Lipinski definition) is 1. The number of nitriles is 1. The zero-order chi connectivity index (χ0) is 16.5. The van der Waals surface area contributed by atoms with Crippen LogP contribution in [0.1, 0.15) is 12.1 Å². The van der Waals surface area contributed by atoms with Crippen LogP contribution in [0.15, 0.2) is 36.9 Å². The zero-order valence-corrected chi connectivity index (χ0v) is 13.3. The van der Waals surface area contributed by atoms with E-state index in [1.807, 2.05) is 18.3 Å². The Morgan fingerprint density at radius 3 is 3.00 bits per heavy atom. The Hall–Kier alpha value is -3.14. The molecule has 1 N–H and O–H groups in total. The van der Waals surface area contributed by atoms with Gasteiger partial charge in [0.05, 0.1) is 17.3 Å². The Labute approximate surface area is 139 Å². The number of likely N-dealkylation sites (N-methyl/N-ethyl adjacent to an activating group) is 1. The van der Waals surface area contributed by atoms with E-state index >= 15 is 0 Å². The van der Waals surface area contributed by atoms with Crippen LogP contribution < -0.4 is 9.80 Å². The molecule has 3 aromatic rings. The molecular weight excluding hydrogens is 302 g/mol. The predicted octanol–water partition coefficient (Wildman–Crippen LogP) is 1.94. The van der Waals surface area contributed by atoms with Gasteiger partial charge in [-0.25, -0.2) is 15.0 Å². The molecule has 7 heteroatoms. The number of anilines is 2. The van der Waals surface area contributed by atoms with Crippen molar-refractivity contribution >= 4 is 22.5 Å². The Balaban J connectivity index is 1.53. The van der Waals surface area contributed by atoms with E-state index in [1.54, 1.807) is 18.6 Å². The monoisotopic (exact) mass is 319 g/mol. The first-order valence-corrected chi connectivity index (χ1v) is 7.88. The third-order valence-electron chi connectivity index (χ3n) is 4.61. The van der Waals surface area contributed by atoms with Crippen molar-refractivity contribution < 1.29 is 0 Å². The van der Waals surface area contributed by atoms with Gasteiger partial charge in [0.1, 0.15) is 29.6 Å². The first-order valence-electron chi connectivity index (χ1n) is 7.88. The quantitative estimate of drug-likeness (QED) is 0.794. The second-order valence-corrected chi connectivity index (χ2v) is 5.95. The Kier molecular flexibility index (Phi) is 3.50. The van der Waals surface area contributed by atoms with Gasteiger partial charge in [-0.05, 0) is 24.6 Å². The number of nitrogens with zero attached hydrogens (tertiary/aromatic N) is 6. The Morgan fingerprint density at radius 1 is 1.29 bits per heavy atom. The van der Waals surface area contributed by atoms with Gasteiger partial charge in [-0.1, -0.05) is 0 Å². The number of aromatic nitrogens is 4. The first-order chi connectivity index (χ1) is 11.8. The maximum absolute atomic E-state index is 8.86. The molecule has 0 spiro atoms. The highest BCUT2D eigenvalue weighted by Crippen LogP contribution is 2.28. The Morgan fingerprint density at radius 2 is 2.21 bits per heavy atom. The molecule has 120 valence electrons. The summed E-state index contributed by atoms with van der Waals surface area (Å²) in [6, 6.07) is 8.15. The average molecular weight is 319 g/mol. The van der Waals surface area contributed by atoms with Gasteiger partial charge < -0.3 is 14.8 Å². The van der Waals surface area contributed by atoms with Gasteiger partial charge in [-0.3, -0.25) is 0 Å². The van der Waals surface area contributed by atoms with E-state index in [-0.39, 0.29) is 0 Å². The molecule has 1 atom stereocenters. The highest BCUT2D eigenvalue weighted by molar-refractivity contribution is 5.87. The predicted molar refractivity (Wildman–Crippen MR) is 91.9 cm³/mol. The fraction of sp³-hybridized carbons (Fsp3) is 0.294. The van der Waals surface area contributed by atoms with Gasteiger partial charge in [-0.15, -0.1) is 0 Å². The lowest BCUT2D eigenvalue weighted by Gasteiger charge is -2.27. The molecule has 4 heterocycles. The number of hydrogen-bond acceptors (Lipinski definition) is 6. The average Bonchev–Trinajstić information content (AvgIpc) is 3.30. The summed E-state index contributed by atoms with van der Waals surface area (Å²) in [6.07, 6.45) is 6.31. The van der Waals surface area contributed by atoms with Crippen molar-refractivity contribution in [3.05, 3.63) is 42.6 Å². The summed E-state index contributed by atoms with van der Waals surface area (Å²) >= 11 is 0. The van der Waals surface area contributed by atoms with E-state index in [2.05, 4.69) is 42.9 Å². The topological polar surface area (TPSA) is 84.7 Å². The normalized spacial score (nSPS) is 17.2. The summed E-state index contributed by atoms with van der Waals surface area (Å²) in [5.41, 5.74) is 2.33. The van der Waals surface area contributed by atoms with E-state index in [4.69, 9.17) is 5.26 Å². The molecule has 1 unspecified atom stereocenters. The lowest BCUT2D eigenvalue weighted by Crippen LogP contribution is -2.34. The fourth-order valence-electron chi connectivity index (χ4n) is 3.23. The number of rotatable bonds is 3. The summed E-state index contributed by atoms with van der Waals surface area (Å²) < 4.78 is 0. The van der Waals surface area contributed by atoms with Crippen molar-refractivity contribution in [1.29, 1.82) is 5.26 Å². The van der Waals surface area contributed by atoms with Gasteiger partial charge in [0, 0.05) is 32.4 Å². The molecule has 3 aromatic heterocycles. The molecule has 0 amide bonds. The number of H-pyrrole nitrogens is 1. The molecule has 0 aliphatic carbocycles. The van der Waals surface area contributed by atoms with E-state index in [0.717, 1.165) is 42.0 Å². The molecule has 4 rings (SSSR count). The van der Waals surface area contributed by atoms with E-state index in [9.17, 15) is 0 Å². The molecule has 0 bridgehead atoms. The van der Waals surface area contributed by atoms with Crippen molar-refractivity contribution in [2.45, 2.75) is 12.5 Å². The van der Waals surface area contributed by atoms with Crippen LogP contribution in [-0.2, 0) is 0 Å². The standard InChI is InChI=1S/C17H17N7/c1-23(13-3-2-12(8-18)20-9-13)14-5-7-24(10-14)17-15-4-6-19-16(15)21-11-22-17/h2-4,6,9,11,14H,5,7,10H2,1H3,(H,19,21,22). The second kappa shape index (κ2) is 5.81. The highest BCUT2D eigenvalue weighted by atomic mass is 15.3. The minimum atomic E-state index is 0.378. The molecule has 0 saturated carbocycles. The maximum Gasteiger partial charge on any atom is 0.142 e. The number of fused-ring (bicyclic) bond motifs is 1. The van der Waals surface area contributed by atoms with Crippen LogP contribution in [0.25, 0.3) is 11.0 Å². The largest absolute Gasteiger partial charge is 0.369 e. The highest BCUT2D eigenvalue weighted by Gasteiger charge is 2.28. The number of pyridine rings is 1. The summed E-state index contributed by atoms with van der Waals surface area (Å²) in [5.74, 6) is 0.982. The van der Waals surface area contributed by atoms with Gasteiger partial charge >= 0.3 is 0 Å². The smallest absolute Gasteiger partial charge is 0.142 e. The lowest BCUT2D eigenvalue weighted by atomic mass is 10.2. The SMILES string of the molecule is CN(c1ccc(C#N)nc1)C1CCN(c2ncnc3[nH]ccc23)C1. The molecule has 1 saturated heterocycles. The third kappa shape index (κ3) is 2.42. The zero-order valence-electron chi connectivity index (χ0n) is 13.3. The van der Waals surface area contributed by atoms with Crippen LogP contribution in [-0.4, -0.2) is 46.1 Å². The minimum absolute atomic E-state index is 0.378. The molecule has 7 nitrogen and oxygen atoms in total. The van der Waals surface area contributed by atoms with Gasteiger partial charge in [0.2, 0.25) is 0 Å². The van der Waals surface area contributed by atoms with Gasteiger partial charge in [0.15, 0.2) is 0 Å². The molecular formula is C17H17N7. The van der Waals surface area contributed by atoms with Crippen molar-refractivity contribution in [2.24, 2.45) is 0 Å². The van der Waals surface area contributed by atoms with Crippen molar-refractivity contribution in [3.8, 4) is 6.07 Å². The lowest BCUT2D eigenvalue weighted by molar-refractivity contribution is 0.691. The summed E-state index contributed by atoms with van der Waals surface area (Å²) in [7, 11) is 2.07. The Bertz CT molecular complexity index is 893. The van der Waals surface area contributed by atoms with Crippen LogP contribution in [0.3, 0.4) is 0 Å². The summed E-state index contributed by atoms with van der Waals surface area (Å²) in [6.45, 7) is 1.85. The minimum Gasteiger partial charge on any atom is -0.369 e. The van der Waals surface area contributed by atoms with E-state index in [0.29, 0.717) is 11.7 Å². The fourth-order valence-corrected chi connectivity index (χ4v) is 3.23. The first kappa shape index (κ1) is 14.5. The van der Waals surface area contributed by atoms with Crippen LogP contribution in [0.4, 0.5) is 11.5 Å². The number of nitrogens with one attached hydrogen (secondary N) is 1. The molecule has 1 aliphatic rings. The maximum atomic E-state index is 8.86. The van der Waals surface area contributed by atoms with Crippen molar-refractivity contribution in [1.82, 2.24) is 19.9 Å². The summed E-state index contributed by atoms with van der Waals surface area (Å²) in [4.78, 5) is 20.5. The third-order valence-corrected chi connectivity index (χ3v) is 4.61. The molecule has 1 fully saturated rings. The van der Waals surface area contributed by atoms with Crippen LogP contribution in [0.2, 0.25) is 0 Å². The van der Waals surface area contributed by atoms with Crippen molar-refractivity contribution in [2.75, 3.05) is 29.9 Å². The molecule has 0 radical (unpaired) electrons. The molecule has 24 heavy (non-hydrogen) atoms. The van der Waals surface area contributed by atoms with Crippen molar-refractivity contribution in [3.63, 3.8) is 0 Å². The van der Waals surface area contributed by atoms with Gasteiger partial charge in [-0.2, -0.15) is 5.26 Å². The van der Waals surface area contributed by atoms with Crippen LogP contribution in [0.5, 0.6) is 0 Å². The van der Waals surface area contributed by atoms with Gasteiger partial charge in [0.25, 0.3) is 0 Å². The number of aromatic amines is 1. The molecule has 0 aromatic carbocycles. The second-order valence-electron chi connectivity index (χ2n) is 5.95. The summed E-state index contributed by atoms with van der Waals surface area (Å²) in [5, 5.41) is 9.92. The van der Waals surface area contributed by atoms with E-state index < -0.39 is 0 Å². The van der Waals surface area contributed by atoms with Crippen LogP contribution >= 0.6 is 0 Å². The molecule has 1 aliphatic heterocycles.